The summed E-state index contributed by atoms with van der Waals surface area (Å²) in [7, 11) is 2.99. The van der Waals surface area contributed by atoms with Crippen LogP contribution in [0, 0.1) is 0 Å². The SMILES string of the molecule is COc1ccc(O)c2c3c(c4c5ccccc5[nH]c4c12)C(=O)N(C)C3=O. The molecule has 2 N–H and O–H groups in total. The van der Waals surface area contributed by atoms with Crippen molar-refractivity contribution in [2.45, 2.75) is 0 Å². The van der Waals surface area contributed by atoms with Crippen LogP contribution in [-0.2, 0) is 0 Å². The number of fused-ring (bicyclic) bond motifs is 8. The molecule has 1 aromatic heterocycles. The van der Waals surface area contributed by atoms with E-state index in [1.165, 1.54) is 20.2 Å². The van der Waals surface area contributed by atoms with E-state index in [0.717, 1.165) is 15.8 Å². The minimum absolute atomic E-state index is 0.0611. The number of aromatic nitrogens is 1. The summed E-state index contributed by atoms with van der Waals surface area (Å²) in [5.41, 5.74) is 2.06. The molecular weight excluding hydrogens is 332 g/mol. The standard InChI is InChI=1S/C20H14N2O4/c1-22-19(24)16-13-9-5-3-4-6-10(9)21-18(13)15-12(26-2)8-7-11(23)14(15)17(16)20(22)25/h3-8,21,23H,1-2H3. The number of amides is 2. The van der Waals surface area contributed by atoms with Crippen LogP contribution < -0.4 is 4.74 Å². The molecule has 1 aliphatic rings. The Hall–Kier alpha value is -3.54. The van der Waals surface area contributed by atoms with Gasteiger partial charge in [0.25, 0.3) is 11.8 Å². The number of H-pyrrole nitrogens is 1. The van der Waals surface area contributed by atoms with Crippen LogP contribution in [0.3, 0.4) is 0 Å². The molecule has 0 unspecified atom stereocenters. The highest BCUT2D eigenvalue weighted by Gasteiger charge is 2.39. The predicted octanol–water partition coefficient (Wildman–Crippen LogP) is 3.41. The molecule has 128 valence electrons. The molecule has 0 fully saturated rings. The highest BCUT2D eigenvalue weighted by molar-refractivity contribution is 6.37. The van der Waals surface area contributed by atoms with Gasteiger partial charge in [0, 0.05) is 28.7 Å². The minimum atomic E-state index is -0.425. The Morgan fingerprint density at radius 1 is 0.962 bits per heavy atom. The number of ether oxygens (including phenoxy) is 1. The van der Waals surface area contributed by atoms with Gasteiger partial charge >= 0.3 is 0 Å². The van der Waals surface area contributed by atoms with Gasteiger partial charge in [-0.1, -0.05) is 18.2 Å². The van der Waals surface area contributed by atoms with Crippen molar-refractivity contribution in [2.75, 3.05) is 14.2 Å². The quantitative estimate of drug-likeness (QED) is 0.518. The lowest BCUT2D eigenvalue weighted by molar-refractivity contribution is 0.0694. The monoisotopic (exact) mass is 346 g/mol. The van der Waals surface area contributed by atoms with Crippen LogP contribution in [0.15, 0.2) is 36.4 Å². The topological polar surface area (TPSA) is 82.6 Å². The Kier molecular flexibility index (Phi) is 2.70. The van der Waals surface area contributed by atoms with Crippen LogP contribution in [0.2, 0.25) is 0 Å². The average molecular weight is 346 g/mol. The van der Waals surface area contributed by atoms with Gasteiger partial charge in [0.05, 0.1) is 29.1 Å². The molecule has 0 saturated carbocycles. The summed E-state index contributed by atoms with van der Waals surface area (Å²) >= 11 is 0. The molecule has 0 atom stereocenters. The molecule has 2 heterocycles. The van der Waals surface area contributed by atoms with Crippen molar-refractivity contribution in [3.05, 3.63) is 47.5 Å². The maximum Gasteiger partial charge on any atom is 0.262 e. The molecule has 1 aliphatic heterocycles. The summed E-state index contributed by atoms with van der Waals surface area (Å²) in [5, 5.41) is 13.0. The first-order chi connectivity index (χ1) is 12.5. The minimum Gasteiger partial charge on any atom is -0.507 e. The number of phenols is 1. The summed E-state index contributed by atoms with van der Waals surface area (Å²) in [5.74, 6) is -0.337. The van der Waals surface area contributed by atoms with E-state index in [1.807, 2.05) is 24.3 Å². The fourth-order valence-corrected chi connectivity index (χ4v) is 3.94. The van der Waals surface area contributed by atoms with Gasteiger partial charge in [-0.2, -0.15) is 0 Å². The molecule has 3 aromatic carbocycles. The lowest BCUT2D eigenvalue weighted by atomic mass is 9.94. The van der Waals surface area contributed by atoms with E-state index in [1.54, 1.807) is 6.07 Å². The summed E-state index contributed by atoms with van der Waals surface area (Å²) in [6.07, 6.45) is 0. The van der Waals surface area contributed by atoms with Crippen molar-refractivity contribution >= 4 is 44.4 Å². The number of methoxy groups -OCH3 is 1. The van der Waals surface area contributed by atoms with Gasteiger partial charge < -0.3 is 14.8 Å². The first kappa shape index (κ1) is 14.8. The largest absolute Gasteiger partial charge is 0.507 e. The molecule has 6 nitrogen and oxygen atoms in total. The number of hydrogen-bond acceptors (Lipinski definition) is 4. The summed E-state index contributed by atoms with van der Waals surface area (Å²) in [6.45, 7) is 0. The molecule has 0 saturated heterocycles. The first-order valence-electron chi connectivity index (χ1n) is 8.13. The Morgan fingerprint density at radius 3 is 2.38 bits per heavy atom. The van der Waals surface area contributed by atoms with Gasteiger partial charge in [0.15, 0.2) is 0 Å². The van der Waals surface area contributed by atoms with Gasteiger partial charge in [-0.3, -0.25) is 14.5 Å². The zero-order chi connectivity index (χ0) is 18.2. The Balaban J connectivity index is 2.20. The van der Waals surface area contributed by atoms with Gasteiger partial charge in [-0.05, 0) is 18.2 Å². The van der Waals surface area contributed by atoms with E-state index in [0.29, 0.717) is 33.0 Å². The molecule has 0 aliphatic carbocycles. The second-order valence-electron chi connectivity index (χ2n) is 6.38. The fraction of sp³-hybridized carbons (Fsp3) is 0.100. The van der Waals surface area contributed by atoms with E-state index >= 15 is 0 Å². The fourth-order valence-electron chi connectivity index (χ4n) is 3.94. The average Bonchev–Trinajstić information content (AvgIpc) is 3.14. The van der Waals surface area contributed by atoms with E-state index in [4.69, 9.17) is 4.74 Å². The molecule has 2 amide bonds. The molecule has 6 heteroatoms. The van der Waals surface area contributed by atoms with E-state index in [9.17, 15) is 14.7 Å². The smallest absolute Gasteiger partial charge is 0.262 e. The molecule has 0 spiro atoms. The number of hydrogen-bond donors (Lipinski definition) is 2. The number of para-hydroxylation sites is 1. The second kappa shape index (κ2) is 4.76. The van der Waals surface area contributed by atoms with Crippen LogP contribution >= 0.6 is 0 Å². The second-order valence-corrected chi connectivity index (χ2v) is 6.38. The Morgan fingerprint density at radius 2 is 1.65 bits per heavy atom. The Labute approximate surface area is 147 Å². The highest BCUT2D eigenvalue weighted by atomic mass is 16.5. The molecule has 5 rings (SSSR count). The van der Waals surface area contributed by atoms with Gasteiger partial charge in [-0.15, -0.1) is 0 Å². The van der Waals surface area contributed by atoms with Crippen LogP contribution in [-0.4, -0.2) is 41.0 Å². The van der Waals surface area contributed by atoms with E-state index in [2.05, 4.69) is 4.98 Å². The third-order valence-electron chi connectivity index (χ3n) is 5.11. The summed E-state index contributed by atoms with van der Waals surface area (Å²) in [4.78, 5) is 30.1. The third kappa shape index (κ3) is 1.56. The number of carbonyl (C=O) groups is 2. The lowest BCUT2D eigenvalue weighted by Crippen LogP contribution is -2.24. The highest BCUT2D eigenvalue weighted by Crippen LogP contribution is 2.46. The maximum atomic E-state index is 12.9. The first-order valence-corrected chi connectivity index (χ1v) is 8.13. The van der Waals surface area contributed by atoms with Crippen LogP contribution in [0.1, 0.15) is 20.7 Å². The van der Waals surface area contributed by atoms with Crippen molar-refractivity contribution in [3.63, 3.8) is 0 Å². The van der Waals surface area contributed by atoms with Crippen LogP contribution in [0.5, 0.6) is 11.5 Å². The van der Waals surface area contributed by atoms with Crippen molar-refractivity contribution in [2.24, 2.45) is 0 Å². The summed E-state index contributed by atoms with van der Waals surface area (Å²) in [6, 6.07) is 10.7. The Bertz CT molecular complexity index is 1290. The van der Waals surface area contributed by atoms with Gasteiger partial charge in [0.2, 0.25) is 0 Å². The number of aromatic hydroxyl groups is 1. The predicted molar refractivity (Wildman–Crippen MR) is 98.0 cm³/mol. The van der Waals surface area contributed by atoms with E-state index < -0.39 is 5.91 Å². The molecular formula is C20H14N2O4. The number of benzene rings is 3. The van der Waals surface area contributed by atoms with Gasteiger partial charge in [-0.25, -0.2) is 0 Å². The zero-order valence-corrected chi connectivity index (χ0v) is 14.1. The summed E-state index contributed by atoms with van der Waals surface area (Å²) < 4.78 is 5.49. The van der Waals surface area contributed by atoms with Crippen molar-refractivity contribution in [1.82, 2.24) is 9.88 Å². The normalized spacial score (nSPS) is 14.0. The number of carbonyl (C=O) groups excluding carboxylic acids is 2. The van der Waals surface area contributed by atoms with Crippen molar-refractivity contribution in [3.8, 4) is 11.5 Å². The van der Waals surface area contributed by atoms with Crippen LogP contribution in [0.4, 0.5) is 0 Å². The van der Waals surface area contributed by atoms with E-state index in [-0.39, 0.29) is 17.2 Å². The number of aromatic amines is 1. The molecule has 4 aromatic rings. The van der Waals surface area contributed by atoms with Crippen LogP contribution in [0.25, 0.3) is 32.6 Å². The molecule has 0 radical (unpaired) electrons. The molecule has 0 bridgehead atoms. The van der Waals surface area contributed by atoms with Crippen molar-refractivity contribution < 1.29 is 19.4 Å². The number of phenolic OH excluding ortho intramolecular Hbond substituents is 1. The number of nitrogens with zero attached hydrogens (tertiary/aromatic N) is 1. The zero-order valence-electron chi connectivity index (χ0n) is 14.1. The number of nitrogens with one attached hydrogen (secondary N) is 1. The lowest BCUT2D eigenvalue weighted by Gasteiger charge is -2.11. The third-order valence-corrected chi connectivity index (χ3v) is 5.11. The number of rotatable bonds is 1. The number of imide groups is 1. The van der Waals surface area contributed by atoms with Crippen molar-refractivity contribution in [1.29, 1.82) is 0 Å². The maximum absolute atomic E-state index is 12.9. The van der Waals surface area contributed by atoms with Gasteiger partial charge in [0.1, 0.15) is 11.5 Å². The molecule has 26 heavy (non-hydrogen) atoms.